The molecular weight excluding hydrogens is 729 g/mol. The summed E-state index contributed by atoms with van der Waals surface area (Å²) in [6.45, 7) is 6.90. The monoisotopic (exact) mass is 774 g/mol. The van der Waals surface area contributed by atoms with Crippen molar-refractivity contribution in [3.05, 3.63) is 83.6 Å². The molecule has 1 aromatic carbocycles. The van der Waals surface area contributed by atoms with E-state index in [0.717, 1.165) is 62.3 Å². The van der Waals surface area contributed by atoms with Crippen LogP contribution in [0.3, 0.4) is 0 Å². The fraction of sp³-hybridized carbons (Fsp3) is 0.450. The first-order valence-corrected chi connectivity index (χ1v) is 19.0. The van der Waals surface area contributed by atoms with Crippen LogP contribution in [0.4, 0.5) is 24.5 Å². The molecule has 296 valence electrons. The highest BCUT2D eigenvalue weighted by molar-refractivity contribution is 6.04. The molecule has 0 saturated carbocycles. The number of ether oxygens (including phenoxy) is 1. The third-order valence-electron chi connectivity index (χ3n) is 10.6. The van der Waals surface area contributed by atoms with Crippen LogP contribution < -0.4 is 20.7 Å². The number of carbonyl (C=O) groups excluding carboxylic acids is 4. The standard InChI is InChI=1S/C40H45F3N8O5/c1-24(2)56-33-22-51-21-32(46-35(51)20-31(33)47-38(54)29-4-3-5-34(45-29)40(41,42)43)27-12-16-49(17-13-27)23-37(53)50-18-14-26(15-19-50)25-6-8-28(9-7-25)44-30-10-11-36(52)48-39(30)55/h3-9,20-22,24,26-27,30,44H,10-19,23H2,1-2H3,(H,47,54)(H,48,52,55). The predicted octanol–water partition coefficient (Wildman–Crippen LogP) is 5.59. The summed E-state index contributed by atoms with van der Waals surface area (Å²) in [6, 6.07) is 12.5. The second-order valence-corrected chi connectivity index (χ2v) is 15.0. The van der Waals surface area contributed by atoms with Crippen LogP contribution in [0.1, 0.15) is 91.6 Å². The fourth-order valence-corrected chi connectivity index (χ4v) is 7.61. The molecule has 16 heteroatoms. The zero-order chi connectivity index (χ0) is 39.6. The van der Waals surface area contributed by atoms with Gasteiger partial charge in [0.05, 0.1) is 30.2 Å². The number of rotatable bonds is 10. The number of aromatic nitrogens is 3. The highest BCUT2D eigenvalue weighted by atomic mass is 19.4. The number of nitrogens with zero attached hydrogens (tertiary/aromatic N) is 5. The number of carbonyl (C=O) groups is 4. The molecule has 4 aromatic rings. The van der Waals surface area contributed by atoms with Crippen molar-refractivity contribution in [3.63, 3.8) is 0 Å². The van der Waals surface area contributed by atoms with Gasteiger partial charge in [0.15, 0.2) is 5.75 Å². The van der Waals surface area contributed by atoms with E-state index in [-0.39, 0.29) is 41.1 Å². The minimum absolute atomic E-state index is 0.131. The number of nitrogens with one attached hydrogen (secondary N) is 3. The lowest BCUT2D eigenvalue weighted by atomic mass is 9.89. The van der Waals surface area contributed by atoms with Crippen LogP contribution in [0.5, 0.6) is 5.75 Å². The summed E-state index contributed by atoms with van der Waals surface area (Å²) in [5.41, 5.74) is 2.19. The fourth-order valence-electron chi connectivity index (χ4n) is 7.61. The van der Waals surface area contributed by atoms with Gasteiger partial charge in [-0.15, -0.1) is 0 Å². The quantitative estimate of drug-likeness (QED) is 0.175. The minimum atomic E-state index is -4.68. The van der Waals surface area contributed by atoms with Gasteiger partial charge in [-0.05, 0) is 94.8 Å². The van der Waals surface area contributed by atoms with E-state index >= 15 is 0 Å². The average molecular weight is 775 g/mol. The topological polar surface area (TPSA) is 150 Å². The van der Waals surface area contributed by atoms with Gasteiger partial charge in [-0.25, -0.2) is 9.97 Å². The van der Waals surface area contributed by atoms with Crippen LogP contribution in [0.2, 0.25) is 0 Å². The maximum Gasteiger partial charge on any atom is 0.433 e. The number of pyridine rings is 2. The second-order valence-electron chi connectivity index (χ2n) is 15.0. The van der Waals surface area contributed by atoms with Crippen molar-refractivity contribution >= 4 is 40.7 Å². The molecule has 3 saturated heterocycles. The van der Waals surface area contributed by atoms with Gasteiger partial charge < -0.3 is 24.7 Å². The number of imide groups is 1. The van der Waals surface area contributed by atoms with Gasteiger partial charge in [-0.1, -0.05) is 18.2 Å². The lowest BCUT2D eigenvalue weighted by Crippen LogP contribution is -2.47. The molecule has 13 nitrogen and oxygen atoms in total. The largest absolute Gasteiger partial charge is 0.487 e. The first-order chi connectivity index (χ1) is 26.8. The summed E-state index contributed by atoms with van der Waals surface area (Å²) in [4.78, 5) is 62.4. The van der Waals surface area contributed by atoms with E-state index in [9.17, 15) is 32.3 Å². The van der Waals surface area contributed by atoms with Crippen LogP contribution >= 0.6 is 0 Å². The molecule has 6 heterocycles. The van der Waals surface area contributed by atoms with Crippen molar-refractivity contribution in [1.29, 1.82) is 0 Å². The van der Waals surface area contributed by atoms with E-state index in [1.807, 2.05) is 41.5 Å². The Bertz CT molecular complexity index is 2090. The SMILES string of the molecule is CC(C)Oc1cn2cc(C3CCN(CC(=O)N4CCC(c5ccc(NC6CCC(=O)NC6=O)cc5)CC4)CC3)nc2cc1NC(=O)c1cccc(C(F)(F)F)n1. The number of imidazole rings is 1. The van der Waals surface area contributed by atoms with Gasteiger partial charge in [0.25, 0.3) is 5.91 Å². The molecule has 4 amide bonds. The van der Waals surface area contributed by atoms with Crippen molar-refractivity contribution in [2.75, 3.05) is 43.4 Å². The number of anilines is 2. The molecule has 3 aromatic heterocycles. The molecule has 3 aliphatic rings. The average Bonchev–Trinajstić information content (AvgIpc) is 3.59. The first-order valence-electron chi connectivity index (χ1n) is 19.0. The molecule has 1 unspecified atom stereocenters. The minimum Gasteiger partial charge on any atom is -0.487 e. The highest BCUT2D eigenvalue weighted by Gasteiger charge is 2.33. The molecule has 1 atom stereocenters. The van der Waals surface area contributed by atoms with Crippen molar-refractivity contribution in [2.45, 2.75) is 82.5 Å². The number of amides is 4. The van der Waals surface area contributed by atoms with E-state index in [4.69, 9.17) is 9.72 Å². The number of piperidine rings is 3. The molecule has 0 spiro atoms. The number of halogens is 3. The molecular formula is C40H45F3N8O5. The zero-order valence-electron chi connectivity index (χ0n) is 31.3. The Labute approximate surface area is 322 Å². The summed E-state index contributed by atoms with van der Waals surface area (Å²) >= 11 is 0. The number of likely N-dealkylation sites (tertiary alicyclic amines) is 2. The first kappa shape index (κ1) is 38.8. The Morgan fingerprint density at radius 2 is 1.64 bits per heavy atom. The Kier molecular flexibility index (Phi) is 11.3. The highest BCUT2D eigenvalue weighted by Crippen LogP contribution is 2.33. The number of alkyl halides is 3. The molecule has 3 N–H and O–H groups in total. The molecule has 3 fully saturated rings. The van der Waals surface area contributed by atoms with Crippen LogP contribution in [-0.2, 0) is 20.6 Å². The molecule has 0 aliphatic carbocycles. The maximum absolute atomic E-state index is 13.3. The summed E-state index contributed by atoms with van der Waals surface area (Å²) in [5, 5.41) is 8.24. The molecule has 3 aliphatic heterocycles. The third kappa shape index (κ3) is 9.12. The Hall–Kier alpha value is -5.51. The van der Waals surface area contributed by atoms with Gasteiger partial charge in [-0.3, -0.25) is 29.4 Å². The van der Waals surface area contributed by atoms with E-state index in [1.54, 1.807) is 12.3 Å². The lowest BCUT2D eigenvalue weighted by Gasteiger charge is -2.35. The van der Waals surface area contributed by atoms with Gasteiger partial charge in [0.1, 0.15) is 23.1 Å². The van der Waals surface area contributed by atoms with E-state index in [0.29, 0.717) is 49.8 Å². The van der Waals surface area contributed by atoms with Crippen molar-refractivity contribution < 1.29 is 37.1 Å². The Morgan fingerprint density at radius 3 is 2.32 bits per heavy atom. The zero-order valence-corrected chi connectivity index (χ0v) is 31.3. The summed E-state index contributed by atoms with van der Waals surface area (Å²) in [7, 11) is 0. The summed E-state index contributed by atoms with van der Waals surface area (Å²) in [6.07, 6.45) is 2.87. The van der Waals surface area contributed by atoms with Crippen molar-refractivity contribution in [3.8, 4) is 5.75 Å². The van der Waals surface area contributed by atoms with Gasteiger partial charge in [0.2, 0.25) is 17.7 Å². The second kappa shape index (κ2) is 16.3. The molecule has 7 rings (SSSR count). The van der Waals surface area contributed by atoms with Crippen LogP contribution in [0, 0.1) is 0 Å². The van der Waals surface area contributed by atoms with Gasteiger partial charge >= 0.3 is 6.18 Å². The molecule has 0 radical (unpaired) electrons. The number of hydrogen-bond acceptors (Lipinski definition) is 9. The van der Waals surface area contributed by atoms with Gasteiger partial charge in [0, 0.05) is 43.4 Å². The predicted molar refractivity (Wildman–Crippen MR) is 201 cm³/mol. The van der Waals surface area contributed by atoms with E-state index in [2.05, 4.69) is 38.0 Å². The number of fused-ring (bicyclic) bond motifs is 1. The van der Waals surface area contributed by atoms with Crippen LogP contribution in [-0.4, -0.2) is 92.7 Å². The van der Waals surface area contributed by atoms with E-state index in [1.165, 1.54) is 11.6 Å². The van der Waals surface area contributed by atoms with Crippen LogP contribution in [0.25, 0.3) is 5.65 Å². The normalized spacial score (nSPS) is 19.0. The summed E-state index contributed by atoms with van der Waals surface area (Å²) in [5.74, 6) is -0.372. The maximum atomic E-state index is 13.3. The van der Waals surface area contributed by atoms with Gasteiger partial charge in [-0.2, -0.15) is 13.2 Å². The van der Waals surface area contributed by atoms with Crippen molar-refractivity contribution in [2.24, 2.45) is 0 Å². The smallest absolute Gasteiger partial charge is 0.433 e. The Balaban J connectivity index is 0.906. The van der Waals surface area contributed by atoms with Crippen molar-refractivity contribution in [1.82, 2.24) is 29.5 Å². The number of hydrogen-bond donors (Lipinski definition) is 3. The Morgan fingerprint density at radius 1 is 0.929 bits per heavy atom. The lowest BCUT2D eigenvalue weighted by molar-refractivity contribution is -0.141. The molecule has 0 bridgehead atoms. The van der Waals surface area contributed by atoms with Crippen LogP contribution in [0.15, 0.2) is 60.9 Å². The molecule has 56 heavy (non-hydrogen) atoms. The third-order valence-corrected chi connectivity index (χ3v) is 10.6. The number of benzene rings is 1. The summed E-state index contributed by atoms with van der Waals surface area (Å²) < 4.78 is 47.4. The van der Waals surface area contributed by atoms with E-state index < -0.39 is 23.8 Å².